The highest BCUT2D eigenvalue weighted by molar-refractivity contribution is 7.26. The molecule has 0 amide bonds. The van der Waals surface area contributed by atoms with Crippen LogP contribution >= 0.6 is 22.7 Å². The molecule has 4 heteroatoms. The maximum absolute atomic E-state index is 2.44. The molecule has 0 fully saturated rings. The Morgan fingerprint density at radius 3 is 1.07 bits per heavy atom. The quantitative estimate of drug-likeness (QED) is 0.142. The van der Waals surface area contributed by atoms with Crippen LogP contribution in [-0.4, -0.2) is 0 Å². The first kappa shape index (κ1) is 41.7. The van der Waals surface area contributed by atoms with E-state index in [2.05, 4.69) is 256 Å². The smallest absolute Gasteiger partial charge is 0.0540 e. The van der Waals surface area contributed by atoms with Crippen molar-refractivity contribution in [3.05, 3.63) is 241 Å². The first-order chi connectivity index (χ1) is 33.3. The Hall–Kier alpha value is -7.76. The van der Waals surface area contributed by atoms with E-state index in [9.17, 15) is 0 Å². The van der Waals surface area contributed by atoms with Crippen LogP contribution in [0.3, 0.4) is 0 Å². The Morgan fingerprint density at radius 2 is 0.647 bits per heavy atom. The number of benzene rings is 10. The van der Waals surface area contributed by atoms with Crippen LogP contribution in [0, 0.1) is 27.7 Å². The van der Waals surface area contributed by atoms with E-state index in [-0.39, 0.29) is 0 Å². The van der Waals surface area contributed by atoms with Crippen LogP contribution < -0.4 is 9.80 Å². The van der Waals surface area contributed by atoms with Gasteiger partial charge >= 0.3 is 0 Å². The van der Waals surface area contributed by atoms with Gasteiger partial charge in [0.2, 0.25) is 0 Å². The van der Waals surface area contributed by atoms with Crippen LogP contribution in [0.4, 0.5) is 34.1 Å². The van der Waals surface area contributed by atoms with Crippen LogP contribution in [-0.2, 0) is 0 Å². The van der Waals surface area contributed by atoms with E-state index in [1.54, 1.807) is 0 Å². The monoisotopic (exact) mass is 908 g/mol. The van der Waals surface area contributed by atoms with Crippen molar-refractivity contribution < 1.29 is 0 Å². The zero-order chi connectivity index (χ0) is 45.9. The minimum Gasteiger partial charge on any atom is -0.310 e. The zero-order valence-corrected chi connectivity index (χ0v) is 40.1. The molecule has 0 unspecified atom stereocenters. The lowest BCUT2D eigenvalue weighted by Crippen LogP contribution is -2.13. The van der Waals surface area contributed by atoms with Crippen LogP contribution in [0.5, 0.6) is 0 Å². The van der Waals surface area contributed by atoms with Crippen LogP contribution in [0.25, 0.3) is 73.7 Å². The Bertz CT molecular complexity index is 3600. The van der Waals surface area contributed by atoms with E-state index in [0.717, 1.165) is 34.1 Å². The summed E-state index contributed by atoms with van der Waals surface area (Å²) in [7, 11) is 0. The van der Waals surface area contributed by atoms with Crippen LogP contribution in [0.2, 0.25) is 0 Å². The standard InChI is InChI=1S/C64H48N2S2/c1-41-21-29-49(30-22-41)65(59-17-9-5-13-51(59)47-27-35-63-55(39-47)53-15-7-11-19-61(53)67-63)57-33-25-45(37-43(57)3)46-26-34-58(44(4)38-46)66(50-31-23-42(2)24-32-50)60-18-10-6-14-52(60)48-28-36-64-56(40-48)54-16-8-12-20-62(54)68-64/h5-40H,1-4H3. The van der Waals surface area contributed by atoms with E-state index < -0.39 is 0 Å². The van der Waals surface area contributed by atoms with Gasteiger partial charge in [-0.1, -0.05) is 132 Å². The molecule has 0 saturated heterocycles. The van der Waals surface area contributed by atoms with Crippen molar-refractivity contribution in [2.24, 2.45) is 0 Å². The van der Waals surface area contributed by atoms with Crippen molar-refractivity contribution >= 4 is 97.1 Å². The van der Waals surface area contributed by atoms with Crippen molar-refractivity contribution in [2.45, 2.75) is 27.7 Å². The van der Waals surface area contributed by atoms with Crippen molar-refractivity contribution in [2.75, 3.05) is 9.80 Å². The summed E-state index contributed by atoms with van der Waals surface area (Å²) in [6, 6.07) is 80.9. The molecule has 0 atom stereocenters. The van der Waals surface area contributed by atoms with Crippen LogP contribution in [0.15, 0.2) is 218 Å². The second-order valence-electron chi connectivity index (χ2n) is 18.0. The van der Waals surface area contributed by atoms with Gasteiger partial charge in [-0.25, -0.2) is 0 Å². The third kappa shape index (κ3) is 7.43. The van der Waals surface area contributed by atoms with E-state index in [4.69, 9.17) is 0 Å². The Kier molecular flexibility index (Phi) is 10.5. The maximum atomic E-state index is 2.44. The molecule has 10 aromatic carbocycles. The SMILES string of the molecule is Cc1ccc(N(c2ccc(-c3ccc(N(c4ccc(C)cc4)c4ccccc4-c4ccc5sc6ccccc6c5c4)c(C)c3)cc2C)c2ccccc2-c2ccc3sc4ccccc4c3c2)cc1. The third-order valence-electron chi connectivity index (χ3n) is 13.5. The molecule has 0 N–H and O–H groups in total. The number of para-hydroxylation sites is 2. The molecule has 12 aromatic rings. The first-order valence-corrected chi connectivity index (χ1v) is 24.9. The molecule has 0 aliphatic heterocycles. The van der Waals surface area contributed by atoms with Crippen molar-refractivity contribution in [3.63, 3.8) is 0 Å². The summed E-state index contributed by atoms with van der Waals surface area (Å²) < 4.78 is 5.26. The van der Waals surface area contributed by atoms with Crippen molar-refractivity contribution in [3.8, 4) is 33.4 Å². The summed E-state index contributed by atoms with van der Waals surface area (Å²) in [5, 5.41) is 5.23. The molecular weight excluding hydrogens is 861 g/mol. The number of fused-ring (bicyclic) bond motifs is 6. The lowest BCUT2D eigenvalue weighted by Gasteiger charge is -2.30. The Labute approximate surface area is 406 Å². The average Bonchev–Trinajstić information content (AvgIpc) is 3.94. The molecule has 2 heterocycles. The molecule has 326 valence electrons. The molecule has 2 aromatic heterocycles. The fourth-order valence-corrected chi connectivity index (χ4v) is 12.2. The van der Waals surface area contributed by atoms with Gasteiger partial charge in [0.15, 0.2) is 0 Å². The number of aryl methyl sites for hydroxylation is 4. The van der Waals surface area contributed by atoms with Gasteiger partial charge in [-0.2, -0.15) is 0 Å². The maximum Gasteiger partial charge on any atom is 0.0540 e. The number of rotatable bonds is 9. The minimum atomic E-state index is 1.13. The van der Waals surface area contributed by atoms with Gasteiger partial charge in [-0.3, -0.25) is 0 Å². The van der Waals surface area contributed by atoms with E-state index in [1.165, 1.54) is 96.0 Å². The summed E-state index contributed by atoms with van der Waals surface area (Å²) in [5.74, 6) is 0. The highest BCUT2D eigenvalue weighted by atomic mass is 32.1. The van der Waals surface area contributed by atoms with Gasteiger partial charge in [0.25, 0.3) is 0 Å². The summed E-state index contributed by atoms with van der Waals surface area (Å²) >= 11 is 3.72. The highest BCUT2D eigenvalue weighted by Gasteiger charge is 2.22. The summed E-state index contributed by atoms with van der Waals surface area (Å²) in [4.78, 5) is 4.88. The van der Waals surface area contributed by atoms with Crippen LogP contribution in [0.1, 0.15) is 22.3 Å². The second-order valence-corrected chi connectivity index (χ2v) is 20.2. The largest absolute Gasteiger partial charge is 0.310 e. The first-order valence-electron chi connectivity index (χ1n) is 23.3. The average molecular weight is 909 g/mol. The Balaban J connectivity index is 0.935. The predicted octanol–water partition coefficient (Wildman–Crippen LogP) is 19.6. The third-order valence-corrected chi connectivity index (χ3v) is 15.8. The van der Waals surface area contributed by atoms with Gasteiger partial charge in [-0.15, -0.1) is 22.7 Å². The van der Waals surface area contributed by atoms with Gasteiger partial charge in [0.05, 0.1) is 11.4 Å². The number of hydrogen-bond acceptors (Lipinski definition) is 4. The number of thiophene rings is 2. The normalized spacial score (nSPS) is 11.5. The van der Waals surface area contributed by atoms with Gasteiger partial charge in [0, 0.05) is 74.2 Å². The van der Waals surface area contributed by atoms with E-state index >= 15 is 0 Å². The van der Waals surface area contributed by atoms with Crippen molar-refractivity contribution in [1.29, 1.82) is 0 Å². The molecule has 68 heavy (non-hydrogen) atoms. The number of hydrogen-bond donors (Lipinski definition) is 0. The van der Waals surface area contributed by atoms with E-state index in [1.807, 2.05) is 22.7 Å². The molecule has 0 aliphatic carbocycles. The zero-order valence-electron chi connectivity index (χ0n) is 38.5. The summed E-state index contributed by atoms with van der Waals surface area (Å²) in [6.45, 7) is 8.81. The molecule has 0 saturated carbocycles. The number of nitrogens with zero attached hydrogens (tertiary/aromatic N) is 2. The molecule has 0 bridgehead atoms. The molecule has 0 radical (unpaired) electrons. The van der Waals surface area contributed by atoms with E-state index in [0.29, 0.717) is 0 Å². The fraction of sp³-hybridized carbons (Fsp3) is 0.0625. The highest BCUT2D eigenvalue weighted by Crippen LogP contribution is 2.47. The second kappa shape index (κ2) is 17.2. The molecule has 2 nitrogen and oxygen atoms in total. The molecule has 0 aliphatic rings. The summed E-state index contributed by atoms with van der Waals surface area (Å²) in [5.41, 5.74) is 18.9. The minimum absolute atomic E-state index is 1.13. The predicted molar refractivity (Wildman–Crippen MR) is 297 cm³/mol. The molecular formula is C64H48N2S2. The fourth-order valence-electron chi connectivity index (χ4n) is 9.99. The van der Waals surface area contributed by atoms with Gasteiger partial charge < -0.3 is 9.80 Å². The topological polar surface area (TPSA) is 6.48 Å². The lowest BCUT2D eigenvalue weighted by atomic mass is 9.96. The molecule has 12 rings (SSSR count). The van der Waals surface area contributed by atoms with Crippen molar-refractivity contribution in [1.82, 2.24) is 0 Å². The molecule has 0 spiro atoms. The van der Waals surface area contributed by atoms with Gasteiger partial charge in [0.1, 0.15) is 0 Å². The van der Waals surface area contributed by atoms with Gasteiger partial charge in [-0.05, 0) is 158 Å². The Morgan fingerprint density at radius 1 is 0.279 bits per heavy atom. The number of anilines is 6. The lowest BCUT2D eigenvalue weighted by molar-refractivity contribution is 1.24. The summed E-state index contributed by atoms with van der Waals surface area (Å²) in [6.07, 6.45) is 0.